The van der Waals surface area contributed by atoms with Crippen LogP contribution in [0, 0.1) is 5.41 Å². The number of benzene rings is 1. The summed E-state index contributed by atoms with van der Waals surface area (Å²) in [5.74, 6) is -2.30. The number of esters is 3. The van der Waals surface area contributed by atoms with Crippen molar-refractivity contribution in [2.24, 2.45) is 5.41 Å². The second kappa shape index (κ2) is 13.4. The van der Waals surface area contributed by atoms with Gasteiger partial charge in [0.25, 0.3) is 0 Å². The number of carbonyl (C=O) groups is 3. The van der Waals surface area contributed by atoms with Crippen molar-refractivity contribution in [2.45, 2.75) is 92.1 Å². The van der Waals surface area contributed by atoms with Crippen molar-refractivity contribution >= 4 is 27.7 Å². The average Bonchev–Trinajstić information content (AvgIpc) is 2.71. The van der Waals surface area contributed by atoms with Crippen molar-refractivity contribution in [1.82, 2.24) is 0 Å². The van der Waals surface area contributed by atoms with Crippen LogP contribution in [0.3, 0.4) is 0 Å². The Morgan fingerprint density at radius 3 is 2.03 bits per heavy atom. The van der Waals surface area contributed by atoms with Gasteiger partial charge in [-0.3, -0.25) is 14.4 Å². The van der Waals surface area contributed by atoms with Crippen LogP contribution in [0.1, 0.15) is 85.8 Å². The Morgan fingerprint density at radius 2 is 1.46 bits per heavy atom. The molecule has 210 valence electrons. The Bertz CT molecular complexity index is 1040. The fourth-order valence-electron chi connectivity index (χ4n) is 4.18. The minimum Gasteiger partial charge on any atom is -0.466 e. The third-order valence-electron chi connectivity index (χ3n) is 5.85. The summed E-state index contributed by atoms with van der Waals surface area (Å²) < 4.78 is 40.7. The third kappa shape index (κ3) is 11.7. The molecule has 0 aliphatic heterocycles. The van der Waals surface area contributed by atoms with Crippen molar-refractivity contribution < 1.29 is 37.0 Å². The molecule has 0 saturated heterocycles. The van der Waals surface area contributed by atoms with E-state index in [9.17, 15) is 22.8 Å². The Kier molecular flexibility index (Phi) is 11.8. The molecule has 0 aliphatic rings. The smallest absolute Gasteiger partial charge is 0.321 e. The maximum atomic E-state index is 13.4. The molecule has 0 aliphatic carbocycles. The zero-order chi connectivity index (χ0) is 28.5. The van der Waals surface area contributed by atoms with Crippen LogP contribution in [0.15, 0.2) is 24.3 Å². The summed E-state index contributed by atoms with van der Waals surface area (Å²) in [5.41, 5.74) is -0.877. The van der Waals surface area contributed by atoms with Gasteiger partial charge in [0, 0.05) is 0 Å². The lowest BCUT2D eigenvalue weighted by Crippen LogP contribution is -2.39. The van der Waals surface area contributed by atoms with Gasteiger partial charge in [-0.15, -0.1) is 0 Å². The Labute approximate surface area is 222 Å². The van der Waals surface area contributed by atoms with E-state index in [2.05, 4.69) is 0 Å². The number of hydrogen-bond donors (Lipinski definition) is 0. The highest BCUT2D eigenvalue weighted by atomic mass is 32.2. The van der Waals surface area contributed by atoms with Gasteiger partial charge in [0.15, 0.2) is 9.84 Å². The van der Waals surface area contributed by atoms with Gasteiger partial charge in [-0.25, -0.2) is 8.42 Å². The fraction of sp³-hybridized carbons (Fsp3) is 0.679. The molecule has 0 fully saturated rings. The SMILES string of the molecule is CCOC(=O)Cc1cccc(C(C)(CCCC(C)(C)CS(=O)(=O)CC(=O)OCC)C(=O)OC(C)(C)C)c1. The standard InChI is InChI=1S/C28H44O8S/c1-9-34-23(29)18-21-13-11-14-22(17-21)28(8,25(31)36-26(3,4)5)16-12-15-27(6,7)20-37(32,33)19-24(30)35-10-2/h11,13-14,17H,9-10,12,15-16,18-20H2,1-8H3. The highest BCUT2D eigenvalue weighted by Gasteiger charge is 2.39. The van der Waals surface area contributed by atoms with Crippen molar-refractivity contribution in [1.29, 1.82) is 0 Å². The Hall–Kier alpha value is -2.42. The van der Waals surface area contributed by atoms with E-state index in [0.717, 1.165) is 11.1 Å². The van der Waals surface area contributed by atoms with Crippen LogP contribution in [-0.2, 0) is 50.3 Å². The zero-order valence-electron chi connectivity index (χ0n) is 23.6. The molecule has 0 amide bonds. The van der Waals surface area contributed by atoms with Crippen LogP contribution >= 0.6 is 0 Å². The monoisotopic (exact) mass is 540 g/mol. The van der Waals surface area contributed by atoms with Gasteiger partial charge in [0.1, 0.15) is 11.4 Å². The van der Waals surface area contributed by atoms with E-state index in [1.165, 1.54) is 0 Å². The van der Waals surface area contributed by atoms with Crippen LogP contribution in [0.5, 0.6) is 0 Å². The number of sulfone groups is 1. The van der Waals surface area contributed by atoms with E-state index in [-0.39, 0.29) is 30.7 Å². The van der Waals surface area contributed by atoms with E-state index in [0.29, 0.717) is 25.9 Å². The predicted octanol–water partition coefficient (Wildman–Crippen LogP) is 4.57. The highest BCUT2D eigenvalue weighted by molar-refractivity contribution is 7.92. The lowest BCUT2D eigenvalue weighted by atomic mass is 9.75. The molecule has 1 unspecified atom stereocenters. The van der Waals surface area contributed by atoms with E-state index < -0.39 is 38.0 Å². The van der Waals surface area contributed by atoms with Crippen molar-refractivity contribution in [3.8, 4) is 0 Å². The molecule has 0 bridgehead atoms. The summed E-state index contributed by atoms with van der Waals surface area (Å²) in [6.07, 6.45) is 1.55. The molecule has 0 aromatic heterocycles. The van der Waals surface area contributed by atoms with E-state index in [4.69, 9.17) is 14.2 Å². The molecule has 0 saturated carbocycles. The molecule has 0 spiro atoms. The summed E-state index contributed by atoms with van der Waals surface area (Å²) in [6, 6.07) is 7.29. The van der Waals surface area contributed by atoms with Gasteiger partial charge in [0.05, 0.1) is 30.8 Å². The first kappa shape index (κ1) is 32.6. The number of rotatable bonds is 14. The molecule has 8 nitrogen and oxygen atoms in total. The van der Waals surface area contributed by atoms with Crippen LogP contribution in [-0.4, -0.2) is 56.6 Å². The predicted molar refractivity (Wildman–Crippen MR) is 143 cm³/mol. The van der Waals surface area contributed by atoms with E-state index in [1.807, 2.05) is 39.0 Å². The molecule has 1 aromatic carbocycles. The quantitative estimate of drug-likeness (QED) is 0.249. The van der Waals surface area contributed by atoms with Gasteiger partial charge in [0.2, 0.25) is 0 Å². The summed E-state index contributed by atoms with van der Waals surface area (Å²) in [6.45, 7) is 14.7. The minimum absolute atomic E-state index is 0.0947. The second-order valence-electron chi connectivity index (χ2n) is 11.4. The summed E-state index contributed by atoms with van der Waals surface area (Å²) >= 11 is 0. The van der Waals surface area contributed by atoms with Gasteiger partial charge in [-0.05, 0) is 70.9 Å². The molecule has 0 radical (unpaired) electrons. The van der Waals surface area contributed by atoms with Gasteiger partial charge in [-0.1, -0.05) is 44.5 Å². The van der Waals surface area contributed by atoms with Gasteiger partial charge < -0.3 is 14.2 Å². The molecule has 1 aromatic rings. The lowest BCUT2D eigenvalue weighted by molar-refractivity contribution is -0.162. The summed E-state index contributed by atoms with van der Waals surface area (Å²) in [5, 5.41) is 0. The molecule has 37 heavy (non-hydrogen) atoms. The number of hydrogen-bond acceptors (Lipinski definition) is 8. The normalized spacial score (nSPS) is 13.9. The average molecular weight is 541 g/mol. The third-order valence-corrected chi connectivity index (χ3v) is 7.75. The molecular weight excluding hydrogens is 496 g/mol. The molecule has 0 N–H and O–H groups in total. The van der Waals surface area contributed by atoms with E-state index in [1.54, 1.807) is 40.7 Å². The van der Waals surface area contributed by atoms with Crippen molar-refractivity contribution in [3.05, 3.63) is 35.4 Å². The Morgan fingerprint density at radius 1 is 0.865 bits per heavy atom. The summed E-state index contributed by atoms with van der Waals surface area (Å²) in [7, 11) is -3.65. The molecule has 1 atom stereocenters. The zero-order valence-corrected chi connectivity index (χ0v) is 24.5. The van der Waals surface area contributed by atoms with Crippen molar-refractivity contribution in [3.63, 3.8) is 0 Å². The largest absolute Gasteiger partial charge is 0.466 e. The Balaban J connectivity index is 3.11. The highest BCUT2D eigenvalue weighted by Crippen LogP contribution is 2.36. The van der Waals surface area contributed by atoms with E-state index >= 15 is 0 Å². The summed E-state index contributed by atoms with van der Waals surface area (Å²) in [4.78, 5) is 37.1. The minimum atomic E-state index is -3.65. The second-order valence-corrected chi connectivity index (χ2v) is 13.4. The van der Waals surface area contributed by atoms with Crippen LogP contribution < -0.4 is 0 Å². The van der Waals surface area contributed by atoms with Crippen LogP contribution in [0.4, 0.5) is 0 Å². The first-order chi connectivity index (χ1) is 16.9. The molecule has 0 heterocycles. The first-order valence-corrected chi connectivity index (χ1v) is 14.6. The van der Waals surface area contributed by atoms with Gasteiger partial charge >= 0.3 is 17.9 Å². The van der Waals surface area contributed by atoms with Crippen molar-refractivity contribution in [2.75, 3.05) is 24.7 Å². The lowest BCUT2D eigenvalue weighted by Gasteiger charge is -2.33. The number of carbonyl (C=O) groups excluding carboxylic acids is 3. The fourth-order valence-corrected chi connectivity index (χ4v) is 6.06. The number of ether oxygens (including phenoxy) is 3. The molecule has 9 heteroatoms. The van der Waals surface area contributed by atoms with Crippen LogP contribution in [0.25, 0.3) is 0 Å². The first-order valence-electron chi connectivity index (χ1n) is 12.8. The topological polar surface area (TPSA) is 113 Å². The molecule has 1 rings (SSSR count). The molecular formula is C28H44O8S. The maximum Gasteiger partial charge on any atom is 0.321 e. The maximum absolute atomic E-state index is 13.4. The van der Waals surface area contributed by atoms with Gasteiger partial charge in [-0.2, -0.15) is 0 Å². The van der Waals surface area contributed by atoms with Crippen LogP contribution in [0.2, 0.25) is 0 Å².